The van der Waals surface area contributed by atoms with Crippen molar-refractivity contribution in [2.45, 2.75) is 19.9 Å². The molecule has 2 aromatic rings. The molecule has 5 nitrogen and oxygen atoms in total. The van der Waals surface area contributed by atoms with E-state index in [0.29, 0.717) is 18.2 Å². The van der Waals surface area contributed by atoms with Crippen LogP contribution in [0, 0.1) is 0 Å². The predicted molar refractivity (Wildman–Crippen MR) is 76.0 cm³/mol. The number of aromatic nitrogens is 3. The Labute approximate surface area is 120 Å². The molecule has 0 radical (unpaired) electrons. The molecule has 0 aliphatic carbocycles. The van der Waals surface area contributed by atoms with E-state index in [9.17, 15) is 0 Å². The van der Waals surface area contributed by atoms with Gasteiger partial charge in [0.15, 0.2) is 0 Å². The van der Waals surface area contributed by atoms with Gasteiger partial charge in [0.25, 0.3) is 0 Å². The molecular weight excluding hydrogens is 308 g/mol. The molecular formula is C13H15BrN4O. The summed E-state index contributed by atoms with van der Waals surface area (Å²) in [7, 11) is 0. The van der Waals surface area contributed by atoms with E-state index in [2.05, 4.69) is 43.1 Å². The fourth-order valence-electron chi connectivity index (χ4n) is 1.48. The summed E-state index contributed by atoms with van der Waals surface area (Å²) < 4.78 is 6.47. The summed E-state index contributed by atoms with van der Waals surface area (Å²) in [5, 5.41) is 3.27. The average molecular weight is 323 g/mol. The molecule has 2 aromatic heterocycles. The Morgan fingerprint density at radius 3 is 2.84 bits per heavy atom. The standard InChI is InChI=1S/C13H15BrN4O/c1-2-3-15-6-11-7-17-9-13(18-11)19-12-4-10(14)5-16-8-12/h4-5,7-9,15H,2-3,6H2,1H3. The van der Waals surface area contributed by atoms with Crippen LogP contribution in [-0.2, 0) is 6.54 Å². The molecule has 0 aliphatic rings. The quantitative estimate of drug-likeness (QED) is 0.828. The van der Waals surface area contributed by atoms with E-state index in [1.807, 2.05) is 6.07 Å². The van der Waals surface area contributed by atoms with Crippen molar-refractivity contribution >= 4 is 15.9 Å². The molecule has 0 atom stereocenters. The summed E-state index contributed by atoms with van der Waals surface area (Å²) in [6, 6.07) is 1.83. The van der Waals surface area contributed by atoms with Crippen molar-refractivity contribution in [3.63, 3.8) is 0 Å². The predicted octanol–water partition coefficient (Wildman–Crippen LogP) is 2.93. The third-order valence-corrected chi connectivity index (χ3v) is 2.73. The Hall–Kier alpha value is -1.53. The molecule has 0 aromatic carbocycles. The Morgan fingerprint density at radius 2 is 2.05 bits per heavy atom. The van der Waals surface area contributed by atoms with Crippen molar-refractivity contribution in [2.75, 3.05) is 6.54 Å². The summed E-state index contributed by atoms with van der Waals surface area (Å²) in [5.41, 5.74) is 0.855. The number of ether oxygens (including phenoxy) is 1. The summed E-state index contributed by atoms with van der Waals surface area (Å²) in [6.07, 6.45) is 7.74. The lowest BCUT2D eigenvalue weighted by Gasteiger charge is -2.06. The number of nitrogens with zero attached hydrogens (tertiary/aromatic N) is 3. The van der Waals surface area contributed by atoms with Gasteiger partial charge in [0.2, 0.25) is 5.88 Å². The summed E-state index contributed by atoms with van der Waals surface area (Å²) in [5.74, 6) is 1.10. The maximum atomic E-state index is 5.61. The largest absolute Gasteiger partial charge is 0.436 e. The van der Waals surface area contributed by atoms with Crippen LogP contribution in [0.4, 0.5) is 0 Å². The minimum atomic E-state index is 0.468. The van der Waals surface area contributed by atoms with E-state index in [1.54, 1.807) is 24.8 Å². The van der Waals surface area contributed by atoms with Gasteiger partial charge in [-0.2, -0.15) is 0 Å². The van der Waals surface area contributed by atoms with Crippen molar-refractivity contribution in [1.82, 2.24) is 20.3 Å². The highest BCUT2D eigenvalue weighted by molar-refractivity contribution is 9.10. The molecule has 0 saturated heterocycles. The van der Waals surface area contributed by atoms with Crippen LogP contribution in [0.2, 0.25) is 0 Å². The minimum Gasteiger partial charge on any atom is -0.436 e. The lowest BCUT2D eigenvalue weighted by atomic mass is 10.4. The lowest BCUT2D eigenvalue weighted by Crippen LogP contribution is -2.15. The van der Waals surface area contributed by atoms with Gasteiger partial charge in [0, 0.05) is 23.4 Å². The van der Waals surface area contributed by atoms with Crippen molar-refractivity contribution in [2.24, 2.45) is 0 Å². The second-order valence-electron chi connectivity index (χ2n) is 3.97. The van der Waals surface area contributed by atoms with E-state index >= 15 is 0 Å². The molecule has 0 unspecified atom stereocenters. The molecule has 2 heterocycles. The van der Waals surface area contributed by atoms with E-state index < -0.39 is 0 Å². The van der Waals surface area contributed by atoms with E-state index in [-0.39, 0.29) is 0 Å². The first-order chi connectivity index (χ1) is 9.28. The molecule has 19 heavy (non-hydrogen) atoms. The highest BCUT2D eigenvalue weighted by Gasteiger charge is 2.02. The Kier molecular flexibility index (Phi) is 5.23. The Morgan fingerprint density at radius 1 is 1.21 bits per heavy atom. The average Bonchev–Trinajstić information content (AvgIpc) is 2.39. The van der Waals surface area contributed by atoms with Gasteiger partial charge in [-0.15, -0.1) is 0 Å². The van der Waals surface area contributed by atoms with E-state index in [0.717, 1.165) is 23.1 Å². The SMILES string of the molecule is CCCNCc1cncc(Oc2cncc(Br)c2)n1. The van der Waals surface area contributed by atoms with Crippen molar-refractivity contribution in [3.8, 4) is 11.6 Å². The molecule has 0 saturated carbocycles. The first-order valence-corrected chi connectivity index (χ1v) is 6.87. The number of halogens is 1. The molecule has 100 valence electrons. The van der Waals surface area contributed by atoms with Gasteiger partial charge in [0.1, 0.15) is 5.75 Å². The van der Waals surface area contributed by atoms with Gasteiger partial charge < -0.3 is 10.1 Å². The second-order valence-corrected chi connectivity index (χ2v) is 4.88. The fourth-order valence-corrected chi connectivity index (χ4v) is 1.83. The molecule has 2 rings (SSSR count). The number of rotatable bonds is 6. The fraction of sp³-hybridized carbons (Fsp3) is 0.308. The van der Waals surface area contributed by atoms with Gasteiger partial charge >= 0.3 is 0 Å². The maximum Gasteiger partial charge on any atom is 0.238 e. The highest BCUT2D eigenvalue weighted by atomic mass is 79.9. The van der Waals surface area contributed by atoms with Gasteiger partial charge in [-0.25, -0.2) is 4.98 Å². The summed E-state index contributed by atoms with van der Waals surface area (Å²) >= 11 is 3.34. The van der Waals surface area contributed by atoms with Gasteiger partial charge in [-0.3, -0.25) is 9.97 Å². The molecule has 0 amide bonds. The first-order valence-electron chi connectivity index (χ1n) is 6.08. The zero-order valence-electron chi connectivity index (χ0n) is 10.6. The third kappa shape index (κ3) is 4.57. The second kappa shape index (κ2) is 7.16. The van der Waals surface area contributed by atoms with Gasteiger partial charge in [0.05, 0.1) is 18.1 Å². The van der Waals surface area contributed by atoms with Crippen LogP contribution in [0.1, 0.15) is 19.0 Å². The molecule has 0 fully saturated rings. The van der Waals surface area contributed by atoms with Crippen LogP contribution in [0.15, 0.2) is 35.3 Å². The topological polar surface area (TPSA) is 59.9 Å². The van der Waals surface area contributed by atoms with Crippen molar-refractivity contribution < 1.29 is 4.74 Å². The normalized spacial score (nSPS) is 10.4. The molecule has 0 bridgehead atoms. The van der Waals surface area contributed by atoms with Crippen LogP contribution in [-0.4, -0.2) is 21.5 Å². The highest BCUT2D eigenvalue weighted by Crippen LogP contribution is 2.21. The monoisotopic (exact) mass is 322 g/mol. The minimum absolute atomic E-state index is 0.468. The zero-order valence-corrected chi connectivity index (χ0v) is 12.2. The first kappa shape index (κ1) is 13.9. The molecule has 1 N–H and O–H groups in total. The number of pyridine rings is 1. The zero-order chi connectivity index (χ0) is 13.5. The summed E-state index contributed by atoms with van der Waals surface area (Å²) in [4.78, 5) is 12.5. The van der Waals surface area contributed by atoms with Gasteiger partial charge in [-0.05, 0) is 35.0 Å². The smallest absolute Gasteiger partial charge is 0.238 e. The van der Waals surface area contributed by atoms with Crippen LogP contribution in [0.3, 0.4) is 0 Å². The van der Waals surface area contributed by atoms with Crippen LogP contribution in [0.25, 0.3) is 0 Å². The van der Waals surface area contributed by atoms with Gasteiger partial charge in [-0.1, -0.05) is 6.92 Å². The number of hydrogen-bond donors (Lipinski definition) is 1. The maximum absolute atomic E-state index is 5.61. The number of hydrogen-bond acceptors (Lipinski definition) is 5. The Bertz CT molecular complexity index is 536. The van der Waals surface area contributed by atoms with Crippen molar-refractivity contribution in [3.05, 3.63) is 41.0 Å². The lowest BCUT2D eigenvalue weighted by molar-refractivity contribution is 0.454. The molecule has 0 aliphatic heterocycles. The van der Waals surface area contributed by atoms with Crippen LogP contribution < -0.4 is 10.1 Å². The van der Waals surface area contributed by atoms with E-state index in [1.165, 1.54) is 0 Å². The third-order valence-electron chi connectivity index (χ3n) is 2.30. The van der Waals surface area contributed by atoms with Crippen LogP contribution >= 0.6 is 15.9 Å². The van der Waals surface area contributed by atoms with Crippen molar-refractivity contribution in [1.29, 1.82) is 0 Å². The number of nitrogens with one attached hydrogen (secondary N) is 1. The Balaban J connectivity index is 2.02. The molecule has 6 heteroatoms. The molecule has 0 spiro atoms. The summed E-state index contributed by atoms with van der Waals surface area (Å²) in [6.45, 7) is 3.77. The van der Waals surface area contributed by atoms with E-state index in [4.69, 9.17) is 4.74 Å². The van der Waals surface area contributed by atoms with Crippen LogP contribution in [0.5, 0.6) is 11.6 Å².